The fraction of sp³-hybridized carbons (Fsp3) is 0. The summed E-state index contributed by atoms with van der Waals surface area (Å²) < 4.78 is 9.46. The Labute approximate surface area is 686 Å². The Morgan fingerprint density at radius 1 is 0.158 bits per heavy atom. The number of fused-ring (bicyclic) bond motifs is 13. The van der Waals surface area contributed by atoms with E-state index in [9.17, 15) is 0 Å². The average Bonchev–Trinajstić information content (AvgIpc) is 1.53. The van der Waals surface area contributed by atoms with Gasteiger partial charge in [0.25, 0.3) is 0 Å². The number of benzene rings is 19. The molecule has 6 aromatic heterocycles. The third-order valence-corrected chi connectivity index (χ3v) is 26.0. The summed E-state index contributed by atoms with van der Waals surface area (Å²) in [5.74, 6) is 2.85. The molecule has 0 spiro atoms. The lowest BCUT2D eigenvalue weighted by Gasteiger charge is -2.20. The highest BCUT2D eigenvalue weighted by Gasteiger charge is 2.33. The minimum Gasteiger partial charge on any atom is -0.293 e. The zero-order valence-electron chi connectivity index (χ0n) is 64.5. The molecule has 25 aromatic rings. The van der Waals surface area contributed by atoms with Gasteiger partial charge >= 0.3 is 0 Å². The number of hydrogen-bond acceptors (Lipinski definition) is 4. The van der Waals surface area contributed by atoms with E-state index < -0.39 is 0 Å². The van der Waals surface area contributed by atoms with Gasteiger partial charge < -0.3 is 0 Å². The van der Waals surface area contributed by atoms with Gasteiger partial charge in [0.2, 0.25) is 11.9 Å². The van der Waals surface area contributed by atoms with E-state index in [4.69, 9.17) is 19.9 Å². The summed E-state index contributed by atoms with van der Waals surface area (Å²) in [6.45, 7) is 0. The second-order valence-electron chi connectivity index (χ2n) is 32.2. The molecule has 0 radical (unpaired) electrons. The van der Waals surface area contributed by atoms with Crippen LogP contribution in [0.2, 0.25) is 0 Å². The summed E-state index contributed by atoms with van der Waals surface area (Å²) >= 11 is 0. The summed E-state index contributed by atoms with van der Waals surface area (Å²) in [6.07, 6.45) is 0. The molecule has 552 valence electrons. The van der Waals surface area contributed by atoms with Crippen molar-refractivity contribution in [1.29, 1.82) is 0 Å². The highest BCUT2D eigenvalue weighted by atomic mass is 15.2. The number of rotatable bonds is 9. The summed E-state index contributed by atoms with van der Waals surface area (Å²) in [7, 11) is 0. The number of aromatic nitrogens is 8. The SMILES string of the molecule is c1ccc(C2=C(c3cccc(-c4ccc5c(ccc6c5c5c7ccccc7ccc5n6-c5nc(-n6c7cccc8c7c7c9c(cccc9ccc76)C(c6ccccc6)=C8c6ccccc6)nc6ccccc56)c4)c3)c3cccc4c3c3c5c2cccc5ccc3n4-c2nc(-n3c4ccccc4c4cc5ccccc5cc43)c3ccccc3n2)cc1. The molecular formula is C112H64N8. The van der Waals surface area contributed by atoms with Crippen LogP contribution in [0.3, 0.4) is 0 Å². The predicted molar refractivity (Wildman–Crippen MR) is 499 cm³/mol. The normalized spacial score (nSPS) is 12.9. The molecule has 0 amide bonds. The van der Waals surface area contributed by atoms with E-state index in [1.54, 1.807) is 0 Å². The first-order valence-electron chi connectivity index (χ1n) is 41.2. The van der Waals surface area contributed by atoms with Crippen molar-refractivity contribution in [3.05, 3.63) is 433 Å². The maximum Gasteiger partial charge on any atom is 0.237 e. The Morgan fingerprint density at radius 2 is 0.525 bits per heavy atom. The quantitative estimate of drug-likeness (QED) is 0.144. The fourth-order valence-electron chi connectivity index (χ4n) is 21.1. The third-order valence-electron chi connectivity index (χ3n) is 26.0. The van der Waals surface area contributed by atoms with Crippen molar-refractivity contribution in [3.8, 4) is 34.7 Å². The van der Waals surface area contributed by atoms with E-state index in [1.807, 2.05) is 0 Å². The van der Waals surface area contributed by atoms with Crippen molar-refractivity contribution < 1.29 is 0 Å². The van der Waals surface area contributed by atoms with Gasteiger partial charge in [-0.2, -0.15) is 9.97 Å². The molecular weight excluding hydrogens is 1460 g/mol. The largest absolute Gasteiger partial charge is 0.293 e. The van der Waals surface area contributed by atoms with Gasteiger partial charge in [0.1, 0.15) is 0 Å². The van der Waals surface area contributed by atoms with Gasteiger partial charge in [-0.1, -0.05) is 297 Å². The summed E-state index contributed by atoms with van der Waals surface area (Å²) in [6, 6.07) is 143. The number of hydrogen-bond donors (Lipinski definition) is 0. The van der Waals surface area contributed by atoms with Gasteiger partial charge in [-0.15, -0.1) is 0 Å². The molecule has 0 fully saturated rings. The van der Waals surface area contributed by atoms with Crippen LogP contribution in [0.1, 0.15) is 44.5 Å². The van der Waals surface area contributed by atoms with Gasteiger partial charge in [0, 0.05) is 53.9 Å². The second-order valence-corrected chi connectivity index (χ2v) is 32.2. The maximum atomic E-state index is 5.97. The topological polar surface area (TPSA) is 71.3 Å². The van der Waals surface area contributed by atoms with Crippen molar-refractivity contribution >= 4 is 185 Å². The summed E-state index contributed by atoms with van der Waals surface area (Å²) in [4.78, 5) is 23.1. The Morgan fingerprint density at radius 3 is 1.08 bits per heavy atom. The highest BCUT2D eigenvalue weighted by Crippen LogP contribution is 2.54. The molecule has 27 rings (SSSR count). The van der Waals surface area contributed by atoms with Crippen LogP contribution in [-0.2, 0) is 0 Å². The molecule has 2 aliphatic carbocycles. The van der Waals surface area contributed by atoms with Crippen LogP contribution in [0.5, 0.6) is 0 Å². The van der Waals surface area contributed by atoms with Crippen LogP contribution < -0.4 is 0 Å². The zero-order chi connectivity index (χ0) is 78.1. The van der Waals surface area contributed by atoms with Gasteiger partial charge in [-0.05, 0) is 223 Å². The molecule has 2 aliphatic rings. The molecule has 0 N–H and O–H groups in total. The second kappa shape index (κ2) is 24.7. The van der Waals surface area contributed by atoms with Crippen LogP contribution in [0, 0.1) is 0 Å². The van der Waals surface area contributed by atoms with Crippen molar-refractivity contribution in [2.24, 2.45) is 0 Å². The first-order valence-corrected chi connectivity index (χ1v) is 41.2. The number of para-hydroxylation sites is 3. The lowest BCUT2D eigenvalue weighted by atomic mass is 9.84. The Bertz CT molecular complexity index is 8970. The van der Waals surface area contributed by atoms with Crippen molar-refractivity contribution in [2.75, 3.05) is 0 Å². The summed E-state index contributed by atoms with van der Waals surface area (Å²) in [5, 5.41) is 23.1. The fourth-order valence-corrected chi connectivity index (χ4v) is 21.1. The van der Waals surface area contributed by atoms with E-state index in [-0.39, 0.29) is 0 Å². The van der Waals surface area contributed by atoms with E-state index >= 15 is 0 Å². The summed E-state index contributed by atoms with van der Waals surface area (Å²) in [5.41, 5.74) is 26.5. The average molecular weight is 1520 g/mol. The monoisotopic (exact) mass is 1520 g/mol. The van der Waals surface area contributed by atoms with Crippen LogP contribution in [0.25, 0.3) is 220 Å². The first kappa shape index (κ1) is 65.1. The van der Waals surface area contributed by atoms with Crippen molar-refractivity contribution in [1.82, 2.24) is 38.2 Å². The maximum absolute atomic E-state index is 5.97. The van der Waals surface area contributed by atoms with Crippen LogP contribution in [0.15, 0.2) is 388 Å². The van der Waals surface area contributed by atoms with E-state index in [0.29, 0.717) is 11.9 Å². The van der Waals surface area contributed by atoms with E-state index in [0.717, 1.165) is 133 Å². The molecule has 0 atom stereocenters. The van der Waals surface area contributed by atoms with E-state index in [2.05, 4.69) is 407 Å². The minimum atomic E-state index is 0.603. The Kier molecular flexibility index (Phi) is 13.4. The molecule has 0 bridgehead atoms. The highest BCUT2D eigenvalue weighted by molar-refractivity contribution is 6.34. The van der Waals surface area contributed by atoms with Gasteiger partial charge in [-0.3, -0.25) is 18.3 Å². The Balaban J connectivity index is 0.646. The standard InChI is InChI=1S/C112H64N8/c1-4-26-66(27-5-1)97-82-42-21-34-69-53-58-94-107(100(69)82)105-84(99(97)68-30-8-3-9-31-68)44-23-49-90(105)119(94)112-114-88-47-18-15-41-81(88)110(116-112)118-92-57-52-65-25-12-13-38-77(65)103(92)104-78-56-51-74(61-75(78)55-60-93(104)118)71-36-20-37-76(62-71)102-85-45-24-50-91-106(85)108-95(59-54-70-35-22-43-83(101(70)108)98(102)67-28-6-2-7-29-67)120(91)111-113-87-46-17-14-40-80(87)109(115-111)117-89-48-19-16-39-79(89)86-63-72-32-10-11-33-73(72)64-96(86)117/h1-64H. The molecule has 8 nitrogen and oxygen atoms in total. The molecule has 0 unspecified atom stereocenters. The van der Waals surface area contributed by atoms with Gasteiger partial charge in [-0.25, -0.2) is 9.97 Å². The van der Waals surface area contributed by atoms with Crippen LogP contribution in [-0.4, -0.2) is 38.2 Å². The van der Waals surface area contributed by atoms with Crippen LogP contribution in [0.4, 0.5) is 0 Å². The molecule has 6 heterocycles. The third kappa shape index (κ3) is 9.07. The van der Waals surface area contributed by atoms with Crippen LogP contribution >= 0.6 is 0 Å². The molecule has 0 aliphatic heterocycles. The van der Waals surface area contributed by atoms with Gasteiger partial charge in [0.05, 0.1) is 55.2 Å². The molecule has 120 heavy (non-hydrogen) atoms. The van der Waals surface area contributed by atoms with E-state index in [1.165, 1.54) is 120 Å². The number of nitrogens with zero attached hydrogens (tertiary/aromatic N) is 8. The minimum absolute atomic E-state index is 0.603. The first-order chi connectivity index (χ1) is 59.6. The van der Waals surface area contributed by atoms with Gasteiger partial charge in [0.15, 0.2) is 11.6 Å². The molecule has 19 aromatic carbocycles. The molecule has 0 saturated heterocycles. The van der Waals surface area contributed by atoms with Crippen molar-refractivity contribution in [3.63, 3.8) is 0 Å². The lowest BCUT2D eigenvalue weighted by molar-refractivity contribution is 0.972. The molecule has 8 heteroatoms. The smallest absolute Gasteiger partial charge is 0.237 e. The predicted octanol–water partition coefficient (Wildman–Crippen LogP) is 28.0. The Hall–Kier alpha value is -16.2. The zero-order valence-corrected chi connectivity index (χ0v) is 64.5. The van der Waals surface area contributed by atoms with Crippen molar-refractivity contribution in [2.45, 2.75) is 0 Å². The molecule has 0 saturated carbocycles. The lowest BCUT2D eigenvalue weighted by Crippen LogP contribution is -2.07.